The van der Waals surface area contributed by atoms with Crippen molar-refractivity contribution in [3.05, 3.63) is 12.7 Å². The van der Waals surface area contributed by atoms with Crippen LogP contribution in [0.1, 0.15) is 58.8 Å². The molecule has 1 atom stereocenters. The highest BCUT2D eigenvalue weighted by molar-refractivity contribution is 6.67. The van der Waals surface area contributed by atoms with E-state index in [9.17, 15) is 4.79 Å². The molecule has 0 saturated carbocycles. The molecule has 0 amide bonds. The average molecular weight is 331 g/mol. The summed E-state index contributed by atoms with van der Waals surface area (Å²) in [7, 11) is 1.67. The van der Waals surface area contributed by atoms with Gasteiger partial charge in [0.15, 0.2) is 0 Å². The van der Waals surface area contributed by atoms with Crippen molar-refractivity contribution in [2.45, 2.75) is 77.0 Å². The lowest BCUT2D eigenvalue weighted by molar-refractivity contribution is -0.142. The summed E-state index contributed by atoms with van der Waals surface area (Å²) in [5.74, 6) is -0.327. The summed E-state index contributed by atoms with van der Waals surface area (Å²) in [6, 6.07) is 2.10. The van der Waals surface area contributed by atoms with Gasteiger partial charge in [0, 0.05) is 20.3 Å². The Morgan fingerprint density at radius 3 is 2.14 bits per heavy atom. The Morgan fingerprint density at radius 1 is 1.09 bits per heavy atom. The van der Waals surface area contributed by atoms with E-state index in [1.54, 1.807) is 14.2 Å². The van der Waals surface area contributed by atoms with Crippen LogP contribution in [0.3, 0.4) is 0 Å². The number of hydrogen-bond acceptors (Lipinski definition) is 4. The fraction of sp³-hybridized carbons (Fsp3) is 0.824. The Kier molecular flexibility index (Phi) is 12.5. The Hall–Kier alpha value is -0.653. The van der Waals surface area contributed by atoms with Crippen LogP contribution in [0.4, 0.5) is 0 Å². The molecule has 0 spiro atoms. The molecule has 5 heteroatoms. The first-order chi connectivity index (χ1) is 10.5. The first-order valence-electron chi connectivity index (χ1n) is 8.47. The Balaban J connectivity index is 3.54. The molecule has 0 aliphatic rings. The molecule has 0 N–H and O–H groups in total. The Bertz CT molecular complexity index is 295. The first kappa shape index (κ1) is 21.3. The molecule has 0 aromatic carbocycles. The molecular weight excluding hydrogens is 296 g/mol. The molecule has 0 saturated heterocycles. The fourth-order valence-electron chi connectivity index (χ4n) is 2.59. The highest BCUT2D eigenvalue weighted by atomic mass is 28.4. The van der Waals surface area contributed by atoms with Crippen LogP contribution in [-0.2, 0) is 18.4 Å². The van der Waals surface area contributed by atoms with Crippen molar-refractivity contribution in [3.63, 3.8) is 0 Å². The maximum absolute atomic E-state index is 11.0. The highest BCUT2D eigenvalue weighted by Gasteiger charge is 2.32. The predicted octanol–water partition coefficient (Wildman–Crippen LogP) is 4.59. The zero-order valence-electron chi connectivity index (χ0n) is 14.9. The number of unbranched alkanes of at least 4 members (excludes halogenated alkanes) is 5. The molecule has 0 fully saturated rings. The minimum atomic E-state index is -1.88. The quantitative estimate of drug-likeness (QED) is 0.202. The third-order valence-corrected chi connectivity index (χ3v) is 7.87. The fourth-order valence-corrected chi connectivity index (χ4v) is 4.89. The van der Waals surface area contributed by atoms with Gasteiger partial charge in [-0.1, -0.05) is 45.6 Å². The number of hydrogen-bond donors (Lipinski definition) is 0. The number of carbonyl (C=O) groups is 1. The Labute approximate surface area is 137 Å². The molecule has 0 aliphatic heterocycles. The summed E-state index contributed by atoms with van der Waals surface area (Å²) in [6.45, 7) is 7.49. The van der Waals surface area contributed by atoms with E-state index in [2.05, 4.69) is 13.5 Å². The highest BCUT2D eigenvalue weighted by Crippen LogP contribution is 2.21. The smallest absolute Gasteiger partial charge is 0.337 e. The SMILES string of the molecule is C=CC(=O)OC(C)CCCCCCCC[Si](CC)(OC)OC. The molecule has 1 unspecified atom stereocenters. The minimum Gasteiger partial charge on any atom is -0.460 e. The second-order valence-corrected chi connectivity index (χ2v) is 9.63. The van der Waals surface area contributed by atoms with Crippen molar-refractivity contribution >= 4 is 14.5 Å². The van der Waals surface area contributed by atoms with E-state index >= 15 is 0 Å². The van der Waals surface area contributed by atoms with E-state index in [1.165, 1.54) is 38.2 Å². The monoisotopic (exact) mass is 330 g/mol. The van der Waals surface area contributed by atoms with Gasteiger partial charge in [-0.05, 0) is 31.9 Å². The number of rotatable bonds is 14. The second kappa shape index (κ2) is 12.8. The largest absolute Gasteiger partial charge is 0.460 e. The van der Waals surface area contributed by atoms with Crippen molar-refractivity contribution < 1.29 is 18.4 Å². The van der Waals surface area contributed by atoms with Gasteiger partial charge in [0.25, 0.3) is 0 Å². The summed E-state index contributed by atoms with van der Waals surface area (Å²) >= 11 is 0. The second-order valence-electron chi connectivity index (χ2n) is 5.78. The van der Waals surface area contributed by atoms with Crippen molar-refractivity contribution in [1.29, 1.82) is 0 Å². The molecule has 4 nitrogen and oxygen atoms in total. The van der Waals surface area contributed by atoms with Gasteiger partial charge in [-0.3, -0.25) is 0 Å². The maximum atomic E-state index is 11.0. The minimum absolute atomic E-state index is 0.00919. The van der Waals surface area contributed by atoms with Gasteiger partial charge in [0.1, 0.15) is 0 Å². The lowest BCUT2D eigenvalue weighted by atomic mass is 10.1. The molecule has 22 heavy (non-hydrogen) atoms. The molecule has 0 aromatic heterocycles. The van der Waals surface area contributed by atoms with Crippen LogP contribution in [0.2, 0.25) is 12.1 Å². The van der Waals surface area contributed by atoms with Crippen LogP contribution in [0, 0.1) is 0 Å². The normalized spacial score (nSPS) is 12.9. The van der Waals surface area contributed by atoms with Crippen molar-refractivity contribution in [2.24, 2.45) is 0 Å². The summed E-state index contributed by atoms with van der Waals surface area (Å²) < 4.78 is 16.4. The van der Waals surface area contributed by atoms with Crippen molar-refractivity contribution in [3.8, 4) is 0 Å². The van der Waals surface area contributed by atoms with Crippen LogP contribution < -0.4 is 0 Å². The molecule has 0 rings (SSSR count). The summed E-state index contributed by atoms with van der Waals surface area (Å²) in [4.78, 5) is 11.0. The van der Waals surface area contributed by atoms with Gasteiger partial charge in [-0.15, -0.1) is 0 Å². The van der Waals surface area contributed by atoms with E-state index in [-0.39, 0.29) is 12.1 Å². The van der Waals surface area contributed by atoms with Crippen LogP contribution in [0.25, 0.3) is 0 Å². The van der Waals surface area contributed by atoms with Crippen LogP contribution >= 0.6 is 0 Å². The number of ether oxygens (including phenoxy) is 1. The maximum Gasteiger partial charge on any atom is 0.337 e. The first-order valence-corrected chi connectivity index (χ1v) is 10.7. The van der Waals surface area contributed by atoms with E-state index in [0.29, 0.717) is 0 Å². The zero-order chi connectivity index (χ0) is 16.8. The molecule has 0 aliphatic carbocycles. The van der Waals surface area contributed by atoms with Gasteiger partial charge in [-0.2, -0.15) is 0 Å². The van der Waals surface area contributed by atoms with Crippen LogP contribution in [0.5, 0.6) is 0 Å². The van der Waals surface area contributed by atoms with Crippen LogP contribution in [0.15, 0.2) is 12.7 Å². The average Bonchev–Trinajstić information content (AvgIpc) is 2.54. The lowest BCUT2D eigenvalue weighted by Crippen LogP contribution is -2.38. The van der Waals surface area contributed by atoms with Gasteiger partial charge in [0.2, 0.25) is 0 Å². The number of carbonyl (C=O) groups excluding carboxylic acids is 1. The topological polar surface area (TPSA) is 44.8 Å². The molecule has 0 radical (unpaired) electrons. The van der Waals surface area contributed by atoms with Crippen molar-refractivity contribution in [1.82, 2.24) is 0 Å². The lowest BCUT2D eigenvalue weighted by Gasteiger charge is -2.25. The zero-order valence-corrected chi connectivity index (χ0v) is 15.9. The van der Waals surface area contributed by atoms with Gasteiger partial charge >= 0.3 is 14.5 Å². The van der Waals surface area contributed by atoms with E-state index in [4.69, 9.17) is 13.6 Å². The summed E-state index contributed by atoms with van der Waals surface area (Å²) in [5.41, 5.74) is 0. The van der Waals surface area contributed by atoms with E-state index in [1.807, 2.05) is 6.92 Å². The van der Waals surface area contributed by atoms with Crippen molar-refractivity contribution in [2.75, 3.05) is 14.2 Å². The molecular formula is C17H34O4Si. The molecule has 130 valence electrons. The van der Waals surface area contributed by atoms with Gasteiger partial charge in [-0.25, -0.2) is 4.79 Å². The third-order valence-electron chi connectivity index (χ3n) is 4.19. The van der Waals surface area contributed by atoms with Gasteiger partial charge in [0.05, 0.1) is 6.10 Å². The molecule has 0 bridgehead atoms. The summed E-state index contributed by atoms with van der Waals surface area (Å²) in [6.07, 6.45) is 9.36. The Morgan fingerprint density at radius 2 is 1.64 bits per heavy atom. The molecule has 0 aromatic rings. The van der Waals surface area contributed by atoms with Gasteiger partial charge < -0.3 is 13.6 Å². The van der Waals surface area contributed by atoms with E-state index in [0.717, 1.165) is 24.9 Å². The molecule has 0 heterocycles. The van der Waals surface area contributed by atoms with E-state index < -0.39 is 8.56 Å². The predicted molar refractivity (Wildman–Crippen MR) is 93.1 cm³/mol. The number of esters is 1. The standard InChI is InChI=1S/C17H34O4Si/c1-6-17(18)21-16(3)14-12-10-8-9-11-13-15-22(7-2,19-4)20-5/h6,16H,1,7-15H2,2-5H3. The van der Waals surface area contributed by atoms with Crippen LogP contribution in [-0.4, -0.2) is 34.9 Å². The summed E-state index contributed by atoms with van der Waals surface area (Å²) in [5, 5.41) is 0. The third kappa shape index (κ3) is 9.38.